The molecule has 238 valence electrons. The summed E-state index contributed by atoms with van der Waals surface area (Å²) in [4.78, 5) is 15.7. The van der Waals surface area contributed by atoms with E-state index in [1.807, 2.05) is 24.3 Å². The quantitative estimate of drug-likeness (QED) is 0.174. The SMILES string of the molecule is c1ccc(-c2cccc(-c3nc(-c4ccccc4)nc(-n4c5cc(-c6ccccc6)ccc5c5c6ccccc6c6ccccc6c54)n3)c2)cc1. The van der Waals surface area contributed by atoms with E-state index < -0.39 is 0 Å². The van der Waals surface area contributed by atoms with Gasteiger partial charge in [0.05, 0.1) is 11.0 Å². The van der Waals surface area contributed by atoms with Crippen molar-refractivity contribution in [3.63, 3.8) is 0 Å². The van der Waals surface area contributed by atoms with E-state index in [-0.39, 0.29) is 0 Å². The molecule has 51 heavy (non-hydrogen) atoms. The summed E-state index contributed by atoms with van der Waals surface area (Å²) in [6, 6.07) is 63.8. The summed E-state index contributed by atoms with van der Waals surface area (Å²) < 4.78 is 2.27. The zero-order chi connectivity index (χ0) is 33.7. The second-order valence-corrected chi connectivity index (χ2v) is 12.8. The van der Waals surface area contributed by atoms with Crippen molar-refractivity contribution >= 4 is 43.4 Å². The zero-order valence-corrected chi connectivity index (χ0v) is 27.6. The number of aromatic nitrogens is 4. The molecule has 0 N–H and O–H groups in total. The van der Waals surface area contributed by atoms with Crippen LogP contribution in [0.4, 0.5) is 0 Å². The molecule has 4 nitrogen and oxygen atoms in total. The van der Waals surface area contributed by atoms with Crippen LogP contribution in [0.5, 0.6) is 0 Å². The molecule has 0 aliphatic rings. The average Bonchev–Trinajstić information content (AvgIpc) is 3.57. The molecule has 0 saturated heterocycles. The van der Waals surface area contributed by atoms with E-state index in [9.17, 15) is 0 Å². The van der Waals surface area contributed by atoms with Gasteiger partial charge in [0.2, 0.25) is 5.95 Å². The lowest BCUT2D eigenvalue weighted by Crippen LogP contribution is -2.06. The Hall–Kier alpha value is -6.91. The molecule has 2 heterocycles. The van der Waals surface area contributed by atoms with Crippen LogP contribution in [-0.4, -0.2) is 19.5 Å². The summed E-state index contributed by atoms with van der Waals surface area (Å²) in [5, 5.41) is 7.12. The number of hydrogen-bond donors (Lipinski definition) is 0. The van der Waals surface area contributed by atoms with Crippen LogP contribution in [0.1, 0.15) is 0 Å². The second-order valence-electron chi connectivity index (χ2n) is 12.8. The van der Waals surface area contributed by atoms with Gasteiger partial charge >= 0.3 is 0 Å². The molecule has 0 amide bonds. The first kappa shape index (κ1) is 29.0. The molecule has 0 aliphatic carbocycles. The van der Waals surface area contributed by atoms with Gasteiger partial charge in [0.15, 0.2) is 11.6 Å². The minimum atomic E-state index is 0.578. The molecule has 0 radical (unpaired) electrons. The highest BCUT2D eigenvalue weighted by Gasteiger charge is 2.22. The van der Waals surface area contributed by atoms with Crippen molar-refractivity contribution in [3.8, 4) is 51.0 Å². The fraction of sp³-hybridized carbons (Fsp3) is 0. The highest BCUT2D eigenvalue weighted by atomic mass is 15.2. The molecule has 0 bridgehead atoms. The average molecular weight is 651 g/mol. The second kappa shape index (κ2) is 11.9. The summed E-state index contributed by atoms with van der Waals surface area (Å²) in [5.41, 5.74) is 8.53. The number of benzene rings is 8. The van der Waals surface area contributed by atoms with Crippen LogP contribution in [0, 0.1) is 0 Å². The molecule has 0 fully saturated rings. The Labute approximate surface area is 295 Å². The number of rotatable bonds is 5. The Morgan fingerprint density at radius 2 is 0.804 bits per heavy atom. The Balaban J connectivity index is 1.34. The van der Waals surface area contributed by atoms with Crippen LogP contribution >= 0.6 is 0 Å². The minimum absolute atomic E-state index is 0.578. The van der Waals surface area contributed by atoms with Crippen molar-refractivity contribution < 1.29 is 0 Å². The molecular weight excluding hydrogens is 621 g/mol. The maximum absolute atomic E-state index is 5.34. The molecule has 0 aliphatic heterocycles. The summed E-state index contributed by atoms with van der Waals surface area (Å²) in [5.74, 6) is 1.82. The largest absolute Gasteiger partial charge is 0.277 e. The van der Waals surface area contributed by atoms with Crippen molar-refractivity contribution in [3.05, 3.63) is 182 Å². The molecule has 0 unspecified atom stereocenters. The molecule has 0 spiro atoms. The third kappa shape index (κ3) is 4.88. The van der Waals surface area contributed by atoms with Crippen molar-refractivity contribution in [1.29, 1.82) is 0 Å². The number of fused-ring (bicyclic) bond motifs is 8. The van der Waals surface area contributed by atoms with Gasteiger partial charge in [-0.1, -0.05) is 170 Å². The van der Waals surface area contributed by atoms with Gasteiger partial charge < -0.3 is 0 Å². The van der Waals surface area contributed by atoms with Crippen molar-refractivity contribution in [1.82, 2.24) is 19.5 Å². The highest BCUT2D eigenvalue weighted by Crippen LogP contribution is 2.43. The Kier molecular flexibility index (Phi) is 6.78. The first-order chi connectivity index (χ1) is 25.3. The van der Waals surface area contributed by atoms with Gasteiger partial charge in [0.1, 0.15) is 0 Å². The fourth-order valence-electron chi connectivity index (χ4n) is 7.47. The standard InChI is InChI=1S/C47H30N4/c1-4-15-31(16-5-1)34-21-14-22-36(29-34)46-48-45(33-19-8-3-9-20-33)49-47(50-46)51-42-30-35(32-17-6-2-7-18-32)27-28-41(42)43-39-25-12-10-23-37(39)38-24-11-13-26-40(38)44(43)51/h1-30H. The van der Waals surface area contributed by atoms with Crippen LogP contribution in [0.15, 0.2) is 182 Å². The molecule has 10 aromatic rings. The molecule has 10 rings (SSSR count). The molecule has 8 aromatic carbocycles. The maximum Gasteiger partial charge on any atom is 0.238 e. The fourth-order valence-corrected chi connectivity index (χ4v) is 7.47. The van der Waals surface area contributed by atoms with Crippen LogP contribution in [-0.2, 0) is 0 Å². The molecule has 0 saturated carbocycles. The lowest BCUT2D eigenvalue weighted by Gasteiger charge is -2.13. The van der Waals surface area contributed by atoms with Gasteiger partial charge in [-0.25, -0.2) is 4.98 Å². The zero-order valence-electron chi connectivity index (χ0n) is 27.6. The van der Waals surface area contributed by atoms with Crippen LogP contribution in [0.3, 0.4) is 0 Å². The lowest BCUT2D eigenvalue weighted by atomic mass is 9.96. The van der Waals surface area contributed by atoms with Gasteiger partial charge in [0.25, 0.3) is 0 Å². The van der Waals surface area contributed by atoms with Crippen LogP contribution in [0.25, 0.3) is 94.3 Å². The van der Waals surface area contributed by atoms with E-state index in [2.05, 4.69) is 162 Å². The van der Waals surface area contributed by atoms with Crippen molar-refractivity contribution in [2.45, 2.75) is 0 Å². The van der Waals surface area contributed by atoms with E-state index in [1.54, 1.807) is 0 Å². The van der Waals surface area contributed by atoms with Gasteiger partial charge in [-0.3, -0.25) is 4.57 Å². The monoisotopic (exact) mass is 650 g/mol. The Bertz CT molecular complexity index is 2900. The predicted octanol–water partition coefficient (Wildman–Crippen LogP) is 11.9. The minimum Gasteiger partial charge on any atom is -0.277 e. The number of nitrogens with zero attached hydrogens (tertiary/aromatic N) is 4. The molecule has 2 aromatic heterocycles. The third-order valence-electron chi connectivity index (χ3n) is 9.83. The van der Waals surface area contributed by atoms with Gasteiger partial charge in [-0.2, -0.15) is 9.97 Å². The van der Waals surface area contributed by atoms with E-state index in [4.69, 9.17) is 15.0 Å². The summed E-state index contributed by atoms with van der Waals surface area (Å²) in [6.07, 6.45) is 0. The van der Waals surface area contributed by atoms with E-state index in [1.165, 1.54) is 21.5 Å². The van der Waals surface area contributed by atoms with E-state index >= 15 is 0 Å². The Morgan fingerprint density at radius 1 is 0.314 bits per heavy atom. The first-order valence-electron chi connectivity index (χ1n) is 17.2. The van der Waals surface area contributed by atoms with Gasteiger partial charge in [-0.15, -0.1) is 0 Å². The number of hydrogen-bond acceptors (Lipinski definition) is 3. The van der Waals surface area contributed by atoms with Crippen molar-refractivity contribution in [2.75, 3.05) is 0 Å². The molecule has 0 atom stereocenters. The Morgan fingerprint density at radius 3 is 1.47 bits per heavy atom. The van der Waals surface area contributed by atoms with Crippen molar-refractivity contribution in [2.24, 2.45) is 0 Å². The molecular formula is C47H30N4. The third-order valence-corrected chi connectivity index (χ3v) is 9.83. The smallest absolute Gasteiger partial charge is 0.238 e. The summed E-state index contributed by atoms with van der Waals surface area (Å²) >= 11 is 0. The van der Waals surface area contributed by atoms with E-state index in [0.717, 1.165) is 55.2 Å². The highest BCUT2D eigenvalue weighted by molar-refractivity contribution is 6.32. The van der Waals surface area contributed by atoms with Crippen LogP contribution in [0.2, 0.25) is 0 Å². The maximum atomic E-state index is 5.34. The first-order valence-corrected chi connectivity index (χ1v) is 17.2. The summed E-state index contributed by atoms with van der Waals surface area (Å²) in [6.45, 7) is 0. The van der Waals surface area contributed by atoms with Gasteiger partial charge in [-0.05, 0) is 50.5 Å². The van der Waals surface area contributed by atoms with Crippen LogP contribution < -0.4 is 0 Å². The summed E-state index contributed by atoms with van der Waals surface area (Å²) in [7, 11) is 0. The lowest BCUT2D eigenvalue weighted by molar-refractivity contribution is 0.955. The molecule has 4 heteroatoms. The normalized spacial score (nSPS) is 11.5. The topological polar surface area (TPSA) is 43.6 Å². The van der Waals surface area contributed by atoms with Gasteiger partial charge in [0, 0.05) is 27.3 Å². The van der Waals surface area contributed by atoms with E-state index in [0.29, 0.717) is 17.6 Å². The predicted molar refractivity (Wildman–Crippen MR) is 211 cm³/mol.